The number of nitrogens with one attached hydrogen (secondary N) is 1. The lowest BCUT2D eigenvalue weighted by atomic mass is 9.91. The molecule has 31 heavy (non-hydrogen) atoms. The van der Waals surface area contributed by atoms with Crippen LogP contribution < -0.4 is 15.0 Å². The van der Waals surface area contributed by atoms with E-state index in [2.05, 4.69) is 29.2 Å². The zero-order valence-electron chi connectivity index (χ0n) is 18.5. The van der Waals surface area contributed by atoms with Gasteiger partial charge in [-0.1, -0.05) is 0 Å². The van der Waals surface area contributed by atoms with Crippen molar-refractivity contribution in [2.45, 2.75) is 70.1 Å². The Kier molecular flexibility index (Phi) is 5.61. The van der Waals surface area contributed by atoms with Crippen molar-refractivity contribution >= 4 is 11.8 Å². The molecular weight excluding hydrogens is 392 g/mol. The van der Waals surface area contributed by atoms with Gasteiger partial charge in [-0.3, -0.25) is 9.58 Å². The van der Waals surface area contributed by atoms with Crippen LogP contribution in [0.4, 0.5) is 10.5 Å². The molecule has 1 saturated carbocycles. The predicted molar refractivity (Wildman–Crippen MR) is 120 cm³/mol. The van der Waals surface area contributed by atoms with Crippen LogP contribution in [0.3, 0.4) is 0 Å². The van der Waals surface area contributed by atoms with Gasteiger partial charge in [0.15, 0.2) is 0 Å². The molecule has 1 aliphatic carbocycles. The fourth-order valence-electron chi connectivity index (χ4n) is 4.95. The summed E-state index contributed by atoms with van der Waals surface area (Å²) in [5.41, 5.74) is 4.18. The van der Waals surface area contributed by atoms with Crippen LogP contribution in [0.1, 0.15) is 57.1 Å². The van der Waals surface area contributed by atoms with Gasteiger partial charge in [0.05, 0.1) is 31.1 Å². The molecule has 0 bridgehead atoms. The van der Waals surface area contributed by atoms with Crippen molar-refractivity contribution in [2.75, 3.05) is 25.1 Å². The fraction of sp³-hybridized carbons (Fsp3) is 0.583. The number of hydrogen-bond acceptors (Lipinski definition) is 5. The molecule has 1 N–H and O–H groups in total. The second-order valence-corrected chi connectivity index (χ2v) is 9.03. The van der Waals surface area contributed by atoms with Crippen molar-refractivity contribution in [3.05, 3.63) is 30.1 Å². The first-order valence-electron chi connectivity index (χ1n) is 11.6. The quantitative estimate of drug-likeness (QED) is 0.792. The minimum Gasteiger partial charge on any atom is -0.489 e. The van der Waals surface area contributed by atoms with Gasteiger partial charge in [-0.15, -0.1) is 0 Å². The molecule has 5 rings (SSSR count). The summed E-state index contributed by atoms with van der Waals surface area (Å²) in [4.78, 5) is 14.3. The zero-order chi connectivity index (χ0) is 21.4. The molecule has 2 aromatic rings. The van der Waals surface area contributed by atoms with Gasteiger partial charge in [0.25, 0.3) is 0 Å². The Bertz CT molecular complexity index is 946. The van der Waals surface area contributed by atoms with E-state index >= 15 is 0 Å². The van der Waals surface area contributed by atoms with Crippen molar-refractivity contribution in [1.29, 1.82) is 0 Å². The Morgan fingerprint density at radius 1 is 1.16 bits per heavy atom. The summed E-state index contributed by atoms with van der Waals surface area (Å²) in [6.45, 7) is 4.15. The number of benzene rings is 1. The van der Waals surface area contributed by atoms with Gasteiger partial charge in [-0.2, -0.15) is 5.10 Å². The molecule has 1 aromatic heterocycles. The standard InChI is InChI=1S/C24H32N4O3/c1-16-6-7-21-22(28(16)24(29)30-2)9-8-20(23(21)31-19-4-3-5-19)17-14-26-27(15-17)18-10-12-25-13-11-18/h8-9,14-16,18-19,25H,3-7,10-13H2,1-2H3/t16-/m0/s1. The Morgan fingerprint density at radius 2 is 1.97 bits per heavy atom. The Balaban J connectivity index is 1.54. The number of piperidine rings is 1. The summed E-state index contributed by atoms with van der Waals surface area (Å²) in [6, 6.07) is 4.68. The summed E-state index contributed by atoms with van der Waals surface area (Å²) >= 11 is 0. The van der Waals surface area contributed by atoms with E-state index in [1.165, 1.54) is 13.5 Å². The maximum Gasteiger partial charge on any atom is 0.414 e. The molecule has 0 unspecified atom stereocenters. The highest BCUT2D eigenvalue weighted by molar-refractivity contribution is 5.92. The number of carbonyl (C=O) groups excluding carboxylic acids is 1. The molecule has 0 radical (unpaired) electrons. The van der Waals surface area contributed by atoms with Gasteiger partial charge in [-0.25, -0.2) is 4.79 Å². The minimum absolute atomic E-state index is 0.102. The number of fused-ring (bicyclic) bond motifs is 1. The van der Waals surface area contributed by atoms with Gasteiger partial charge < -0.3 is 14.8 Å². The van der Waals surface area contributed by atoms with E-state index in [9.17, 15) is 4.79 Å². The molecule has 1 amide bonds. The number of methoxy groups -OCH3 is 1. The molecule has 3 aliphatic rings. The van der Waals surface area contributed by atoms with E-state index in [0.29, 0.717) is 6.04 Å². The highest BCUT2D eigenvalue weighted by atomic mass is 16.5. The largest absolute Gasteiger partial charge is 0.489 e. The summed E-state index contributed by atoms with van der Waals surface area (Å²) in [5.74, 6) is 0.924. The summed E-state index contributed by atoms with van der Waals surface area (Å²) in [7, 11) is 1.44. The Labute approximate surface area is 183 Å². The van der Waals surface area contributed by atoms with E-state index in [0.717, 1.165) is 79.7 Å². The van der Waals surface area contributed by atoms with Gasteiger partial charge in [0.2, 0.25) is 0 Å². The molecule has 0 spiro atoms. The second-order valence-electron chi connectivity index (χ2n) is 9.03. The van der Waals surface area contributed by atoms with Crippen LogP contribution in [0.2, 0.25) is 0 Å². The monoisotopic (exact) mass is 424 g/mol. The lowest BCUT2D eigenvalue weighted by Gasteiger charge is -2.37. The third kappa shape index (κ3) is 3.80. The molecule has 7 heteroatoms. The van der Waals surface area contributed by atoms with Gasteiger partial charge in [0, 0.05) is 28.9 Å². The lowest BCUT2D eigenvalue weighted by molar-refractivity contribution is 0.119. The molecule has 1 saturated heterocycles. The van der Waals surface area contributed by atoms with Crippen molar-refractivity contribution in [2.24, 2.45) is 0 Å². The minimum atomic E-state index is -0.311. The van der Waals surface area contributed by atoms with E-state index in [-0.39, 0.29) is 18.2 Å². The summed E-state index contributed by atoms with van der Waals surface area (Å²) in [6.07, 6.45) is 11.5. The van der Waals surface area contributed by atoms with E-state index in [1.54, 1.807) is 4.90 Å². The second kappa shape index (κ2) is 8.54. The molecule has 3 heterocycles. The van der Waals surface area contributed by atoms with Crippen LogP contribution in [0, 0.1) is 0 Å². The Morgan fingerprint density at radius 3 is 2.68 bits per heavy atom. The van der Waals surface area contributed by atoms with Crippen LogP contribution in [-0.4, -0.2) is 48.2 Å². The normalized spacial score (nSPS) is 22.0. The maximum atomic E-state index is 12.5. The first kappa shape index (κ1) is 20.4. The van der Waals surface area contributed by atoms with E-state index in [1.807, 2.05) is 12.3 Å². The maximum absolute atomic E-state index is 12.5. The smallest absolute Gasteiger partial charge is 0.414 e. The number of anilines is 1. The number of rotatable bonds is 4. The van der Waals surface area contributed by atoms with E-state index in [4.69, 9.17) is 14.6 Å². The topological polar surface area (TPSA) is 68.6 Å². The molecule has 2 fully saturated rings. The van der Waals surface area contributed by atoms with Crippen LogP contribution in [0.25, 0.3) is 11.1 Å². The van der Waals surface area contributed by atoms with Crippen LogP contribution >= 0.6 is 0 Å². The molecule has 2 aliphatic heterocycles. The fourth-order valence-corrected chi connectivity index (χ4v) is 4.95. The molecule has 166 valence electrons. The van der Waals surface area contributed by atoms with Crippen molar-refractivity contribution in [1.82, 2.24) is 15.1 Å². The van der Waals surface area contributed by atoms with Crippen LogP contribution in [0.15, 0.2) is 24.5 Å². The number of ether oxygens (including phenoxy) is 2. The van der Waals surface area contributed by atoms with Crippen LogP contribution in [-0.2, 0) is 11.2 Å². The highest BCUT2D eigenvalue weighted by Crippen LogP contribution is 2.44. The zero-order valence-corrected chi connectivity index (χ0v) is 18.5. The number of nitrogens with zero attached hydrogens (tertiary/aromatic N) is 3. The van der Waals surface area contributed by atoms with Gasteiger partial charge in [-0.05, 0) is 77.1 Å². The average molecular weight is 425 g/mol. The third-order valence-electron chi connectivity index (χ3n) is 7.05. The highest BCUT2D eigenvalue weighted by Gasteiger charge is 2.33. The molecule has 7 nitrogen and oxygen atoms in total. The predicted octanol–water partition coefficient (Wildman–Crippen LogP) is 4.31. The third-order valence-corrected chi connectivity index (χ3v) is 7.05. The SMILES string of the molecule is COC(=O)N1c2ccc(-c3cnn(C4CCNCC4)c3)c(OC3CCC3)c2CC[C@@H]1C. The van der Waals surface area contributed by atoms with Gasteiger partial charge in [0.1, 0.15) is 5.75 Å². The number of hydrogen-bond donors (Lipinski definition) is 1. The molecule has 1 atom stereocenters. The number of carbonyl (C=O) groups is 1. The van der Waals surface area contributed by atoms with E-state index < -0.39 is 0 Å². The first-order chi connectivity index (χ1) is 15.2. The lowest BCUT2D eigenvalue weighted by Crippen LogP contribution is -2.42. The van der Waals surface area contributed by atoms with Gasteiger partial charge >= 0.3 is 6.09 Å². The average Bonchev–Trinajstić information content (AvgIpc) is 3.26. The van der Waals surface area contributed by atoms with Crippen molar-refractivity contribution in [3.63, 3.8) is 0 Å². The molecular formula is C24H32N4O3. The summed E-state index contributed by atoms with van der Waals surface area (Å²) < 4.78 is 13.8. The number of aromatic nitrogens is 2. The Hall–Kier alpha value is -2.54. The number of amides is 1. The van der Waals surface area contributed by atoms with Crippen LogP contribution in [0.5, 0.6) is 5.75 Å². The van der Waals surface area contributed by atoms with Crippen molar-refractivity contribution < 1.29 is 14.3 Å². The first-order valence-corrected chi connectivity index (χ1v) is 11.6. The molecule has 1 aromatic carbocycles. The summed E-state index contributed by atoms with van der Waals surface area (Å²) in [5, 5.41) is 8.12. The van der Waals surface area contributed by atoms with Crippen molar-refractivity contribution in [3.8, 4) is 16.9 Å².